The molecule has 4 nitrogen and oxygen atoms in total. The number of carbonyl (C=O) groups excluding carboxylic acids is 1. The number of H-pyrrole nitrogens is 1. The number of aromatic amines is 1. The van der Waals surface area contributed by atoms with Crippen molar-refractivity contribution in [2.45, 2.75) is 6.04 Å². The van der Waals surface area contributed by atoms with Gasteiger partial charge in [-0.3, -0.25) is 4.79 Å². The van der Waals surface area contributed by atoms with Crippen molar-refractivity contribution in [3.8, 4) is 0 Å². The van der Waals surface area contributed by atoms with Crippen LogP contribution in [-0.2, 0) is 4.79 Å². The molecule has 21 heavy (non-hydrogen) atoms. The number of hydrogen-bond donors (Lipinski definition) is 3. The van der Waals surface area contributed by atoms with Gasteiger partial charge in [-0.25, -0.2) is 0 Å². The Morgan fingerprint density at radius 1 is 1.10 bits per heavy atom. The van der Waals surface area contributed by atoms with Crippen molar-refractivity contribution < 1.29 is 4.79 Å². The van der Waals surface area contributed by atoms with Crippen molar-refractivity contribution in [3.05, 3.63) is 58.7 Å². The van der Waals surface area contributed by atoms with E-state index in [-0.39, 0.29) is 11.9 Å². The zero-order chi connectivity index (χ0) is 14.4. The predicted octanol–water partition coefficient (Wildman–Crippen LogP) is 4.04. The highest BCUT2D eigenvalue weighted by Gasteiger charge is 2.30. The molecule has 2 heterocycles. The minimum absolute atomic E-state index is 0.0303. The summed E-state index contributed by atoms with van der Waals surface area (Å²) in [5, 5.41) is 7.33. The average Bonchev–Trinajstić information content (AvgIpc) is 3.03. The minimum Gasteiger partial charge on any atom is -0.370 e. The maximum atomic E-state index is 12.2. The highest BCUT2D eigenvalue weighted by molar-refractivity contribution is 9.10. The van der Waals surface area contributed by atoms with E-state index in [1.807, 2.05) is 48.7 Å². The first-order valence-corrected chi connectivity index (χ1v) is 7.44. The molecular weight excluding hydrogens is 330 g/mol. The van der Waals surface area contributed by atoms with Crippen LogP contribution in [0.1, 0.15) is 11.6 Å². The second-order valence-corrected chi connectivity index (χ2v) is 5.99. The van der Waals surface area contributed by atoms with E-state index in [1.165, 1.54) is 0 Å². The molecule has 1 unspecified atom stereocenters. The van der Waals surface area contributed by atoms with E-state index >= 15 is 0 Å². The normalized spacial score (nSPS) is 16.8. The molecule has 5 heteroatoms. The molecular formula is C16H12BrN3O. The van der Waals surface area contributed by atoms with E-state index in [4.69, 9.17) is 0 Å². The summed E-state index contributed by atoms with van der Waals surface area (Å²) < 4.78 is 0.955. The molecule has 0 radical (unpaired) electrons. The lowest BCUT2D eigenvalue weighted by atomic mass is 10.1. The fraction of sp³-hybridized carbons (Fsp3) is 0.0625. The summed E-state index contributed by atoms with van der Waals surface area (Å²) in [5.74, 6) is -0.0303. The summed E-state index contributed by atoms with van der Waals surface area (Å²) in [6, 6.07) is 13.5. The van der Waals surface area contributed by atoms with Gasteiger partial charge in [-0.1, -0.05) is 22.0 Å². The first-order valence-electron chi connectivity index (χ1n) is 6.65. The lowest BCUT2D eigenvalue weighted by Gasteiger charge is -2.13. The molecule has 104 valence electrons. The van der Waals surface area contributed by atoms with Gasteiger partial charge in [0.2, 0.25) is 0 Å². The third-order valence-electron chi connectivity index (χ3n) is 3.71. The minimum atomic E-state index is -0.357. The number of anilines is 2. The number of carbonyl (C=O) groups is 1. The SMILES string of the molecule is O=C1Nc2cc(Br)ccc2C1Nc1ccc2[nH]ccc2c1. The van der Waals surface area contributed by atoms with Crippen molar-refractivity contribution in [2.75, 3.05) is 10.6 Å². The average molecular weight is 342 g/mol. The smallest absolute Gasteiger partial charge is 0.251 e. The third-order valence-corrected chi connectivity index (χ3v) is 4.20. The van der Waals surface area contributed by atoms with E-state index in [0.717, 1.165) is 32.3 Å². The highest BCUT2D eigenvalue weighted by Crippen LogP contribution is 2.35. The summed E-state index contributed by atoms with van der Waals surface area (Å²) in [6.07, 6.45) is 1.91. The van der Waals surface area contributed by atoms with Crippen LogP contribution in [0, 0.1) is 0 Å². The van der Waals surface area contributed by atoms with Gasteiger partial charge in [0.25, 0.3) is 5.91 Å². The van der Waals surface area contributed by atoms with Gasteiger partial charge < -0.3 is 15.6 Å². The molecule has 1 aliphatic heterocycles. The van der Waals surface area contributed by atoms with Crippen molar-refractivity contribution >= 4 is 44.1 Å². The first-order chi connectivity index (χ1) is 10.2. The van der Waals surface area contributed by atoms with E-state index in [0.29, 0.717) is 0 Å². The van der Waals surface area contributed by atoms with Gasteiger partial charge in [0.15, 0.2) is 0 Å². The standard InChI is InChI=1S/C16H12BrN3O/c17-10-1-3-12-14(8-10)20-16(21)15(12)19-11-2-4-13-9(7-11)5-6-18-13/h1-8,15,18-19H,(H,20,21). The number of benzene rings is 2. The summed E-state index contributed by atoms with van der Waals surface area (Å²) in [4.78, 5) is 15.3. The zero-order valence-corrected chi connectivity index (χ0v) is 12.6. The van der Waals surface area contributed by atoms with Gasteiger partial charge in [-0.05, 0) is 36.4 Å². The second-order valence-electron chi connectivity index (χ2n) is 5.08. The molecule has 0 spiro atoms. The van der Waals surface area contributed by atoms with Gasteiger partial charge >= 0.3 is 0 Å². The molecule has 1 amide bonds. The van der Waals surface area contributed by atoms with Crippen LogP contribution in [-0.4, -0.2) is 10.9 Å². The van der Waals surface area contributed by atoms with E-state index in [2.05, 4.69) is 31.5 Å². The Balaban J connectivity index is 1.69. The predicted molar refractivity (Wildman–Crippen MR) is 87.4 cm³/mol. The monoisotopic (exact) mass is 341 g/mol. The van der Waals surface area contributed by atoms with Crippen LogP contribution in [0.25, 0.3) is 10.9 Å². The first kappa shape index (κ1) is 12.5. The van der Waals surface area contributed by atoms with Crippen LogP contribution in [0.15, 0.2) is 53.1 Å². The van der Waals surface area contributed by atoms with Gasteiger partial charge in [-0.2, -0.15) is 0 Å². The van der Waals surface area contributed by atoms with Crippen LogP contribution in [0.4, 0.5) is 11.4 Å². The maximum Gasteiger partial charge on any atom is 0.251 e. The topological polar surface area (TPSA) is 56.9 Å². The molecule has 3 N–H and O–H groups in total. The summed E-state index contributed by atoms with van der Waals surface area (Å²) in [6.45, 7) is 0. The van der Waals surface area contributed by atoms with Crippen molar-refractivity contribution in [2.24, 2.45) is 0 Å². The quantitative estimate of drug-likeness (QED) is 0.658. The van der Waals surface area contributed by atoms with Crippen LogP contribution < -0.4 is 10.6 Å². The number of nitrogens with one attached hydrogen (secondary N) is 3. The number of hydrogen-bond acceptors (Lipinski definition) is 2. The number of halogens is 1. The Bertz CT molecular complexity index is 856. The molecule has 0 bridgehead atoms. The van der Waals surface area contributed by atoms with Crippen LogP contribution in [0.5, 0.6) is 0 Å². The van der Waals surface area contributed by atoms with Gasteiger partial charge in [0, 0.05) is 38.5 Å². The molecule has 4 rings (SSSR count). The lowest BCUT2D eigenvalue weighted by molar-refractivity contribution is -0.116. The van der Waals surface area contributed by atoms with Gasteiger partial charge in [0.05, 0.1) is 0 Å². The molecule has 0 aliphatic carbocycles. The van der Waals surface area contributed by atoms with E-state index in [9.17, 15) is 4.79 Å². The number of aromatic nitrogens is 1. The largest absolute Gasteiger partial charge is 0.370 e. The zero-order valence-electron chi connectivity index (χ0n) is 11.0. The fourth-order valence-corrected chi connectivity index (χ4v) is 3.05. The van der Waals surface area contributed by atoms with E-state index in [1.54, 1.807) is 0 Å². The summed E-state index contributed by atoms with van der Waals surface area (Å²) in [5.41, 5.74) is 3.84. The third kappa shape index (κ3) is 2.10. The Labute approximate surface area is 129 Å². The Morgan fingerprint density at radius 3 is 2.90 bits per heavy atom. The molecule has 1 aliphatic rings. The molecule has 0 fully saturated rings. The molecule has 1 aromatic heterocycles. The molecule has 1 atom stereocenters. The van der Waals surface area contributed by atoms with Gasteiger partial charge in [0.1, 0.15) is 6.04 Å². The highest BCUT2D eigenvalue weighted by atomic mass is 79.9. The van der Waals surface area contributed by atoms with Crippen LogP contribution in [0.2, 0.25) is 0 Å². The summed E-state index contributed by atoms with van der Waals surface area (Å²) >= 11 is 3.42. The lowest BCUT2D eigenvalue weighted by Crippen LogP contribution is -2.19. The Kier molecular flexibility index (Phi) is 2.75. The summed E-state index contributed by atoms with van der Waals surface area (Å²) in [7, 11) is 0. The molecule has 0 saturated heterocycles. The second kappa shape index (κ2) is 4.63. The fourth-order valence-electron chi connectivity index (χ4n) is 2.69. The van der Waals surface area contributed by atoms with Gasteiger partial charge in [-0.15, -0.1) is 0 Å². The number of rotatable bonds is 2. The van der Waals surface area contributed by atoms with E-state index < -0.39 is 0 Å². The molecule has 3 aromatic rings. The molecule has 2 aromatic carbocycles. The Hall–Kier alpha value is -2.27. The van der Waals surface area contributed by atoms with Crippen LogP contribution in [0.3, 0.4) is 0 Å². The van der Waals surface area contributed by atoms with Crippen molar-refractivity contribution in [1.29, 1.82) is 0 Å². The molecule has 0 saturated carbocycles. The number of amides is 1. The van der Waals surface area contributed by atoms with Crippen molar-refractivity contribution in [3.63, 3.8) is 0 Å². The Morgan fingerprint density at radius 2 is 2.00 bits per heavy atom. The van der Waals surface area contributed by atoms with Crippen LogP contribution >= 0.6 is 15.9 Å². The maximum absolute atomic E-state index is 12.2. The van der Waals surface area contributed by atoms with Crippen molar-refractivity contribution in [1.82, 2.24) is 4.98 Å². The number of fused-ring (bicyclic) bond motifs is 2.